The van der Waals surface area contributed by atoms with Crippen LogP contribution in [0.3, 0.4) is 0 Å². The third-order valence-corrected chi connectivity index (χ3v) is 5.55. The first-order valence-electron chi connectivity index (χ1n) is 11.4. The number of guanidine groups is 1. The predicted octanol–water partition coefficient (Wildman–Crippen LogP) is 4.43. The van der Waals surface area contributed by atoms with Gasteiger partial charge in [0.1, 0.15) is 0 Å². The fraction of sp³-hybridized carbons (Fsp3) is 0.520. The van der Waals surface area contributed by atoms with Crippen LogP contribution in [-0.4, -0.2) is 37.7 Å². The molecule has 1 amide bonds. The Morgan fingerprint density at radius 3 is 2.59 bits per heavy atom. The highest BCUT2D eigenvalue weighted by Gasteiger charge is 2.35. The van der Waals surface area contributed by atoms with Crippen LogP contribution in [0, 0.1) is 11.3 Å². The second-order valence-corrected chi connectivity index (χ2v) is 9.26. The van der Waals surface area contributed by atoms with Gasteiger partial charge in [0.05, 0.1) is 18.9 Å². The Bertz CT molecular complexity index is 870. The number of ether oxygens (including phenoxy) is 1. The maximum Gasteiger partial charge on any atom is 0.291 e. The molecular formula is C25H36N4O3. The third-order valence-electron chi connectivity index (χ3n) is 5.55. The Kier molecular flexibility index (Phi) is 8.33. The van der Waals surface area contributed by atoms with Crippen molar-refractivity contribution in [1.29, 1.82) is 0 Å². The fourth-order valence-electron chi connectivity index (χ4n) is 4.04. The molecule has 174 valence electrons. The van der Waals surface area contributed by atoms with Crippen LogP contribution >= 0.6 is 0 Å². The Morgan fingerprint density at radius 1 is 1.16 bits per heavy atom. The van der Waals surface area contributed by atoms with E-state index >= 15 is 0 Å². The lowest BCUT2D eigenvalue weighted by Crippen LogP contribution is -2.47. The molecule has 1 saturated heterocycles. The first-order valence-corrected chi connectivity index (χ1v) is 11.4. The Labute approximate surface area is 191 Å². The highest BCUT2D eigenvalue weighted by atomic mass is 16.5. The van der Waals surface area contributed by atoms with Crippen molar-refractivity contribution in [2.24, 2.45) is 16.3 Å². The average molecular weight is 441 g/mol. The smallest absolute Gasteiger partial charge is 0.291 e. The second-order valence-electron chi connectivity index (χ2n) is 9.26. The zero-order chi connectivity index (χ0) is 23.0. The number of rotatable bonds is 7. The summed E-state index contributed by atoms with van der Waals surface area (Å²) in [7, 11) is 0. The van der Waals surface area contributed by atoms with Crippen molar-refractivity contribution in [3.05, 3.63) is 54.0 Å². The number of carbonyl (C=O) groups excluding carboxylic acids is 1. The molecule has 2 heterocycles. The molecule has 1 aliphatic heterocycles. The van der Waals surface area contributed by atoms with Gasteiger partial charge in [0.15, 0.2) is 11.7 Å². The van der Waals surface area contributed by atoms with Gasteiger partial charge in [-0.2, -0.15) is 0 Å². The largest absolute Gasteiger partial charge is 0.459 e. The van der Waals surface area contributed by atoms with E-state index in [2.05, 4.69) is 43.6 Å². The van der Waals surface area contributed by atoms with E-state index in [-0.39, 0.29) is 23.2 Å². The normalized spacial score (nSPS) is 19.4. The van der Waals surface area contributed by atoms with Crippen LogP contribution in [0.4, 0.5) is 5.69 Å². The molecule has 1 aliphatic rings. The highest BCUT2D eigenvalue weighted by molar-refractivity contribution is 6.02. The first-order chi connectivity index (χ1) is 15.4. The summed E-state index contributed by atoms with van der Waals surface area (Å²) in [4.78, 5) is 16.8. The van der Waals surface area contributed by atoms with Crippen molar-refractivity contribution in [2.75, 3.05) is 25.0 Å². The van der Waals surface area contributed by atoms with Gasteiger partial charge in [0, 0.05) is 31.3 Å². The molecule has 1 aromatic heterocycles. The molecule has 32 heavy (non-hydrogen) atoms. The van der Waals surface area contributed by atoms with Gasteiger partial charge < -0.3 is 25.1 Å². The summed E-state index contributed by atoms with van der Waals surface area (Å²) in [6.45, 7) is 11.8. The number of aliphatic imine (C=N–C) groups is 1. The van der Waals surface area contributed by atoms with Crippen LogP contribution in [0.1, 0.15) is 56.7 Å². The first kappa shape index (κ1) is 23.9. The SMILES string of the molecule is CCNC(=NCc1ccc(NC(=O)c2ccco2)cc1)NCC1CCCOC1C(C)(C)C. The molecule has 0 spiro atoms. The van der Waals surface area contributed by atoms with Crippen LogP contribution in [0.5, 0.6) is 0 Å². The summed E-state index contributed by atoms with van der Waals surface area (Å²) in [5, 5.41) is 9.66. The fourth-order valence-corrected chi connectivity index (χ4v) is 4.04. The van der Waals surface area contributed by atoms with E-state index < -0.39 is 0 Å². The lowest BCUT2D eigenvalue weighted by Gasteiger charge is -2.40. The highest BCUT2D eigenvalue weighted by Crippen LogP contribution is 2.33. The molecule has 0 aliphatic carbocycles. The number of amides is 1. The summed E-state index contributed by atoms with van der Waals surface area (Å²) in [6, 6.07) is 11.0. The van der Waals surface area contributed by atoms with Crippen molar-refractivity contribution in [2.45, 2.75) is 53.2 Å². The van der Waals surface area contributed by atoms with E-state index in [0.717, 1.165) is 43.3 Å². The second kappa shape index (κ2) is 11.2. The molecule has 0 saturated carbocycles. The van der Waals surface area contributed by atoms with Gasteiger partial charge in [-0.1, -0.05) is 32.9 Å². The van der Waals surface area contributed by atoms with Gasteiger partial charge in [-0.3, -0.25) is 4.79 Å². The molecule has 1 fully saturated rings. The van der Waals surface area contributed by atoms with E-state index in [4.69, 9.17) is 14.1 Å². The minimum absolute atomic E-state index is 0.121. The molecule has 7 heteroatoms. The minimum atomic E-state index is -0.264. The number of anilines is 1. The van der Waals surface area contributed by atoms with E-state index in [1.807, 2.05) is 24.3 Å². The summed E-state index contributed by atoms with van der Waals surface area (Å²) >= 11 is 0. The number of nitrogens with zero attached hydrogens (tertiary/aromatic N) is 1. The Hall–Kier alpha value is -2.80. The molecule has 0 radical (unpaired) electrons. The van der Waals surface area contributed by atoms with Crippen molar-refractivity contribution in [3.8, 4) is 0 Å². The van der Waals surface area contributed by atoms with Crippen molar-refractivity contribution in [3.63, 3.8) is 0 Å². The number of nitrogens with one attached hydrogen (secondary N) is 3. The Morgan fingerprint density at radius 2 is 1.94 bits per heavy atom. The predicted molar refractivity (Wildman–Crippen MR) is 128 cm³/mol. The average Bonchev–Trinajstić information content (AvgIpc) is 3.31. The van der Waals surface area contributed by atoms with Crippen molar-refractivity contribution in [1.82, 2.24) is 10.6 Å². The summed E-state index contributed by atoms with van der Waals surface area (Å²) in [5.74, 6) is 1.29. The molecule has 7 nitrogen and oxygen atoms in total. The molecule has 3 rings (SSSR count). The van der Waals surface area contributed by atoms with Crippen molar-refractivity contribution >= 4 is 17.6 Å². The maximum absolute atomic E-state index is 12.1. The quantitative estimate of drug-likeness (QED) is 0.438. The standard InChI is InChI=1S/C25H36N4O3/c1-5-26-24(28-17-19-8-6-15-32-22(19)25(2,3)4)27-16-18-10-12-20(13-11-18)29-23(30)21-9-7-14-31-21/h7,9-14,19,22H,5-6,8,15-17H2,1-4H3,(H,29,30)(H2,26,27,28). The minimum Gasteiger partial charge on any atom is -0.459 e. The van der Waals surface area contributed by atoms with Gasteiger partial charge in [0.2, 0.25) is 0 Å². The van der Waals surface area contributed by atoms with Crippen LogP contribution < -0.4 is 16.0 Å². The van der Waals surface area contributed by atoms with E-state index in [9.17, 15) is 4.79 Å². The molecular weight excluding hydrogens is 404 g/mol. The van der Waals surface area contributed by atoms with Crippen LogP contribution in [0.15, 0.2) is 52.1 Å². The lowest BCUT2D eigenvalue weighted by atomic mass is 9.78. The zero-order valence-electron chi connectivity index (χ0n) is 19.6. The Balaban J connectivity index is 1.55. The van der Waals surface area contributed by atoms with Gasteiger partial charge in [-0.15, -0.1) is 0 Å². The van der Waals surface area contributed by atoms with E-state index in [1.54, 1.807) is 12.1 Å². The molecule has 2 aromatic rings. The van der Waals surface area contributed by atoms with Gasteiger partial charge in [-0.05, 0) is 55.0 Å². The van der Waals surface area contributed by atoms with Gasteiger partial charge in [-0.25, -0.2) is 4.99 Å². The molecule has 2 atom stereocenters. The number of benzene rings is 1. The number of furan rings is 1. The topological polar surface area (TPSA) is 87.9 Å². The summed E-state index contributed by atoms with van der Waals surface area (Å²) < 4.78 is 11.2. The molecule has 0 bridgehead atoms. The molecule has 2 unspecified atom stereocenters. The molecule has 1 aromatic carbocycles. The van der Waals surface area contributed by atoms with E-state index in [1.165, 1.54) is 12.7 Å². The van der Waals surface area contributed by atoms with Gasteiger partial charge in [0.25, 0.3) is 5.91 Å². The molecule has 3 N–H and O–H groups in total. The van der Waals surface area contributed by atoms with Gasteiger partial charge >= 0.3 is 0 Å². The van der Waals surface area contributed by atoms with E-state index in [0.29, 0.717) is 12.5 Å². The number of hydrogen-bond acceptors (Lipinski definition) is 4. The lowest BCUT2D eigenvalue weighted by molar-refractivity contribution is -0.0835. The number of carbonyl (C=O) groups is 1. The summed E-state index contributed by atoms with van der Waals surface area (Å²) in [5.41, 5.74) is 1.90. The van der Waals surface area contributed by atoms with Crippen LogP contribution in [0.2, 0.25) is 0 Å². The monoisotopic (exact) mass is 440 g/mol. The number of hydrogen-bond donors (Lipinski definition) is 3. The summed E-state index contributed by atoms with van der Waals surface area (Å²) in [6.07, 6.45) is 4.00. The maximum atomic E-state index is 12.1. The van der Waals surface area contributed by atoms with Crippen molar-refractivity contribution < 1.29 is 13.9 Å². The third kappa shape index (κ3) is 6.85. The van der Waals surface area contributed by atoms with Crippen LogP contribution in [0.25, 0.3) is 0 Å². The van der Waals surface area contributed by atoms with Crippen LogP contribution in [-0.2, 0) is 11.3 Å². The zero-order valence-corrected chi connectivity index (χ0v) is 19.6.